The molecule has 0 atom stereocenters. The van der Waals surface area contributed by atoms with Crippen LogP contribution in [0.3, 0.4) is 0 Å². The number of halogens is 1. The first-order valence-electron chi connectivity index (χ1n) is 6.03. The van der Waals surface area contributed by atoms with E-state index >= 15 is 0 Å². The van der Waals surface area contributed by atoms with Gasteiger partial charge in [0.2, 0.25) is 0 Å². The summed E-state index contributed by atoms with van der Waals surface area (Å²) in [4.78, 5) is 13.6. The smallest absolute Gasteiger partial charge is 0.183 e. The molecular weight excluding hydrogens is 292 g/mol. The monoisotopic (exact) mass is 302 g/mol. The SMILES string of the molecule is Clc1ncc(CNc2cccc(-c3ncccn3)c2)s1. The van der Waals surface area contributed by atoms with Gasteiger partial charge in [0.25, 0.3) is 0 Å². The fourth-order valence-electron chi connectivity index (χ4n) is 1.77. The Morgan fingerprint density at radius 1 is 1.10 bits per heavy atom. The van der Waals surface area contributed by atoms with Crippen LogP contribution in [0.2, 0.25) is 4.47 Å². The highest BCUT2D eigenvalue weighted by Gasteiger charge is 2.02. The average molecular weight is 303 g/mol. The van der Waals surface area contributed by atoms with Gasteiger partial charge in [-0.15, -0.1) is 11.3 Å². The van der Waals surface area contributed by atoms with Crippen molar-refractivity contribution in [2.45, 2.75) is 6.54 Å². The molecule has 0 radical (unpaired) electrons. The standard InChI is InChI=1S/C14H11ClN4S/c15-14-19-9-12(20-14)8-18-11-4-1-3-10(7-11)13-16-5-2-6-17-13/h1-7,9,18H,8H2. The van der Waals surface area contributed by atoms with E-state index in [2.05, 4.69) is 20.3 Å². The number of hydrogen-bond donors (Lipinski definition) is 1. The molecule has 2 heterocycles. The number of thiazole rings is 1. The lowest BCUT2D eigenvalue weighted by atomic mass is 10.2. The minimum absolute atomic E-state index is 0.563. The Morgan fingerprint density at radius 2 is 1.95 bits per heavy atom. The Morgan fingerprint density at radius 3 is 2.70 bits per heavy atom. The summed E-state index contributed by atoms with van der Waals surface area (Å²) >= 11 is 7.29. The second kappa shape index (κ2) is 5.98. The van der Waals surface area contributed by atoms with Crippen LogP contribution in [0.4, 0.5) is 5.69 Å². The van der Waals surface area contributed by atoms with Crippen molar-refractivity contribution >= 4 is 28.6 Å². The van der Waals surface area contributed by atoms with E-state index in [1.165, 1.54) is 11.3 Å². The lowest BCUT2D eigenvalue weighted by molar-refractivity contribution is 1.16. The summed E-state index contributed by atoms with van der Waals surface area (Å²) < 4.78 is 0.563. The summed E-state index contributed by atoms with van der Waals surface area (Å²) in [5, 5.41) is 3.34. The van der Waals surface area contributed by atoms with Crippen LogP contribution in [0.5, 0.6) is 0 Å². The fraction of sp³-hybridized carbons (Fsp3) is 0.0714. The van der Waals surface area contributed by atoms with Gasteiger partial charge in [-0.05, 0) is 18.2 Å². The van der Waals surface area contributed by atoms with Crippen molar-refractivity contribution in [2.24, 2.45) is 0 Å². The molecule has 1 aromatic carbocycles. The van der Waals surface area contributed by atoms with E-state index < -0.39 is 0 Å². The number of hydrogen-bond acceptors (Lipinski definition) is 5. The molecule has 3 rings (SSSR count). The van der Waals surface area contributed by atoms with E-state index in [1.807, 2.05) is 24.3 Å². The summed E-state index contributed by atoms with van der Waals surface area (Å²) in [7, 11) is 0. The van der Waals surface area contributed by atoms with Crippen molar-refractivity contribution in [3.05, 3.63) is 58.3 Å². The molecule has 3 aromatic rings. The van der Waals surface area contributed by atoms with Crippen molar-refractivity contribution in [2.75, 3.05) is 5.32 Å². The first kappa shape index (κ1) is 13.0. The fourth-order valence-corrected chi connectivity index (χ4v) is 2.69. The zero-order chi connectivity index (χ0) is 13.8. The number of rotatable bonds is 4. The van der Waals surface area contributed by atoms with Crippen LogP contribution in [-0.2, 0) is 6.54 Å². The maximum absolute atomic E-state index is 5.81. The normalized spacial score (nSPS) is 10.4. The van der Waals surface area contributed by atoms with Gasteiger partial charge < -0.3 is 5.32 Å². The number of aromatic nitrogens is 3. The second-order valence-electron chi connectivity index (χ2n) is 4.09. The molecule has 100 valence electrons. The molecule has 20 heavy (non-hydrogen) atoms. The van der Waals surface area contributed by atoms with E-state index in [0.717, 1.165) is 22.0 Å². The lowest BCUT2D eigenvalue weighted by Crippen LogP contribution is -1.97. The average Bonchev–Trinajstić information content (AvgIpc) is 2.92. The molecule has 0 fully saturated rings. The Hall–Kier alpha value is -1.98. The van der Waals surface area contributed by atoms with Gasteiger partial charge >= 0.3 is 0 Å². The van der Waals surface area contributed by atoms with Gasteiger partial charge in [0.1, 0.15) is 0 Å². The zero-order valence-corrected chi connectivity index (χ0v) is 12.0. The molecule has 0 aliphatic rings. The van der Waals surface area contributed by atoms with E-state index in [-0.39, 0.29) is 0 Å². The Bertz CT molecular complexity index is 699. The summed E-state index contributed by atoms with van der Waals surface area (Å²) in [6.45, 7) is 0.698. The molecular formula is C14H11ClN4S. The highest BCUT2D eigenvalue weighted by molar-refractivity contribution is 7.15. The molecule has 0 unspecified atom stereocenters. The second-order valence-corrected chi connectivity index (χ2v) is 5.78. The maximum atomic E-state index is 5.81. The first-order valence-corrected chi connectivity index (χ1v) is 7.22. The van der Waals surface area contributed by atoms with E-state index in [0.29, 0.717) is 11.0 Å². The Kier molecular flexibility index (Phi) is 3.90. The number of nitrogens with zero attached hydrogens (tertiary/aromatic N) is 3. The summed E-state index contributed by atoms with van der Waals surface area (Å²) in [5.41, 5.74) is 2.00. The molecule has 2 aromatic heterocycles. The first-order chi connectivity index (χ1) is 9.81. The molecule has 4 nitrogen and oxygen atoms in total. The number of nitrogens with one attached hydrogen (secondary N) is 1. The molecule has 0 spiro atoms. The largest absolute Gasteiger partial charge is 0.380 e. The summed E-state index contributed by atoms with van der Waals surface area (Å²) in [6.07, 6.45) is 5.26. The van der Waals surface area contributed by atoms with Gasteiger partial charge in [-0.25, -0.2) is 15.0 Å². The van der Waals surface area contributed by atoms with Crippen molar-refractivity contribution in [3.8, 4) is 11.4 Å². The third kappa shape index (κ3) is 3.12. The van der Waals surface area contributed by atoms with Gasteiger partial charge in [-0.3, -0.25) is 0 Å². The Balaban J connectivity index is 1.75. The quantitative estimate of drug-likeness (QED) is 0.795. The van der Waals surface area contributed by atoms with Crippen LogP contribution in [0.25, 0.3) is 11.4 Å². The van der Waals surface area contributed by atoms with Crippen molar-refractivity contribution in [3.63, 3.8) is 0 Å². The molecule has 0 aliphatic carbocycles. The molecule has 0 amide bonds. The van der Waals surface area contributed by atoms with E-state index in [1.54, 1.807) is 24.7 Å². The van der Waals surface area contributed by atoms with Crippen LogP contribution in [-0.4, -0.2) is 15.0 Å². The predicted molar refractivity (Wildman–Crippen MR) is 81.9 cm³/mol. The highest BCUT2D eigenvalue weighted by Crippen LogP contribution is 2.21. The molecule has 0 saturated carbocycles. The summed E-state index contributed by atoms with van der Waals surface area (Å²) in [5.74, 6) is 0.719. The molecule has 0 aliphatic heterocycles. The third-order valence-electron chi connectivity index (χ3n) is 2.68. The Labute approximate surface area is 125 Å². The molecule has 0 bridgehead atoms. The van der Waals surface area contributed by atoms with Gasteiger partial charge in [0, 0.05) is 34.7 Å². The molecule has 0 saturated heterocycles. The molecule has 1 N–H and O–H groups in total. The van der Waals surface area contributed by atoms with Gasteiger partial charge in [0.15, 0.2) is 10.3 Å². The highest BCUT2D eigenvalue weighted by atomic mass is 35.5. The van der Waals surface area contributed by atoms with E-state index in [4.69, 9.17) is 11.6 Å². The number of anilines is 1. The predicted octanol–water partition coefficient (Wildman–Crippen LogP) is 3.87. The topological polar surface area (TPSA) is 50.7 Å². The van der Waals surface area contributed by atoms with Gasteiger partial charge in [-0.2, -0.15) is 0 Å². The van der Waals surface area contributed by atoms with Crippen molar-refractivity contribution in [1.82, 2.24) is 15.0 Å². The zero-order valence-electron chi connectivity index (χ0n) is 10.5. The maximum Gasteiger partial charge on any atom is 0.183 e. The number of benzene rings is 1. The van der Waals surface area contributed by atoms with Crippen LogP contribution in [0, 0.1) is 0 Å². The lowest BCUT2D eigenvalue weighted by Gasteiger charge is -2.06. The third-order valence-corrected chi connectivity index (χ3v) is 3.79. The van der Waals surface area contributed by atoms with Crippen LogP contribution < -0.4 is 5.32 Å². The minimum atomic E-state index is 0.563. The molecule has 6 heteroatoms. The summed E-state index contributed by atoms with van der Waals surface area (Å²) in [6, 6.07) is 9.81. The van der Waals surface area contributed by atoms with Crippen LogP contribution >= 0.6 is 22.9 Å². The van der Waals surface area contributed by atoms with Gasteiger partial charge in [-0.1, -0.05) is 23.7 Å². The van der Waals surface area contributed by atoms with Crippen LogP contribution in [0.15, 0.2) is 48.9 Å². The van der Waals surface area contributed by atoms with Gasteiger partial charge in [0.05, 0.1) is 6.54 Å². The van der Waals surface area contributed by atoms with Crippen molar-refractivity contribution < 1.29 is 0 Å². The van der Waals surface area contributed by atoms with Crippen molar-refractivity contribution in [1.29, 1.82) is 0 Å². The van der Waals surface area contributed by atoms with E-state index in [9.17, 15) is 0 Å². The van der Waals surface area contributed by atoms with Crippen LogP contribution in [0.1, 0.15) is 4.88 Å². The minimum Gasteiger partial charge on any atom is -0.380 e.